The fourth-order valence-corrected chi connectivity index (χ4v) is 1.42. The number of rotatable bonds is 4. The molecule has 1 rings (SSSR count). The fraction of sp³-hybridized carbons (Fsp3) is 0.900. The molecule has 0 bridgehead atoms. The molecule has 0 saturated carbocycles. The van der Waals surface area contributed by atoms with E-state index in [2.05, 4.69) is 5.43 Å². The van der Waals surface area contributed by atoms with Crippen LogP contribution in [0.1, 0.15) is 20.3 Å². The van der Waals surface area contributed by atoms with Gasteiger partial charge in [-0.1, -0.05) is 20.3 Å². The number of nitrogens with one attached hydrogen (secondary N) is 1. The summed E-state index contributed by atoms with van der Waals surface area (Å²) in [4.78, 5) is 11.7. The molecule has 5 nitrogen and oxygen atoms in total. The van der Waals surface area contributed by atoms with Crippen molar-refractivity contribution in [3.8, 4) is 0 Å². The lowest BCUT2D eigenvalue weighted by Gasteiger charge is -2.29. The van der Waals surface area contributed by atoms with Gasteiger partial charge in [-0.25, -0.2) is 5.01 Å². The fourth-order valence-electron chi connectivity index (χ4n) is 1.42. The summed E-state index contributed by atoms with van der Waals surface area (Å²) in [5, 5.41) is 1.87. The predicted molar refractivity (Wildman–Crippen MR) is 58.0 cm³/mol. The molecule has 1 aliphatic heterocycles. The number of nitrogens with two attached hydrogens (primary N) is 1. The molecule has 88 valence electrons. The van der Waals surface area contributed by atoms with Crippen LogP contribution in [-0.2, 0) is 9.53 Å². The van der Waals surface area contributed by atoms with E-state index in [9.17, 15) is 4.79 Å². The Labute approximate surface area is 90.9 Å². The molecule has 15 heavy (non-hydrogen) atoms. The van der Waals surface area contributed by atoms with E-state index < -0.39 is 6.04 Å². The minimum absolute atomic E-state index is 0.0914. The van der Waals surface area contributed by atoms with E-state index in [0.717, 1.165) is 19.5 Å². The molecular formula is C10H21N3O2. The molecule has 5 heteroatoms. The van der Waals surface area contributed by atoms with Crippen LogP contribution >= 0.6 is 0 Å². The average Bonchev–Trinajstić information content (AvgIpc) is 2.28. The zero-order valence-corrected chi connectivity index (χ0v) is 9.53. The van der Waals surface area contributed by atoms with Crippen LogP contribution in [0.15, 0.2) is 0 Å². The Morgan fingerprint density at radius 3 is 2.67 bits per heavy atom. The van der Waals surface area contributed by atoms with Crippen molar-refractivity contribution in [2.45, 2.75) is 26.3 Å². The van der Waals surface area contributed by atoms with Gasteiger partial charge >= 0.3 is 0 Å². The lowest BCUT2D eigenvalue weighted by Crippen LogP contribution is -2.54. The number of hydrogen-bond acceptors (Lipinski definition) is 4. The Bertz CT molecular complexity index is 205. The number of hydrazine groups is 1. The van der Waals surface area contributed by atoms with E-state index in [1.807, 2.05) is 18.9 Å². The molecule has 0 aromatic heterocycles. The second-order valence-corrected chi connectivity index (χ2v) is 3.99. The maximum absolute atomic E-state index is 11.7. The molecular weight excluding hydrogens is 194 g/mol. The summed E-state index contributed by atoms with van der Waals surface area (Å²) < 4.78 is 5.19. The minimum atomic E-state index is -0.419. The van der Waals surface area contributed by atoms with E-state index in [4.69, 9.17) is 10.5 Å². The summed E-state index contributed by atoms with van der Waals surface area (Å²) in [7, 11) is 0. The average molecular weight is 215 g/mol. The number of hydrogen-bond donors (Lipinski definition) is 2. The molecule has 3 N–H and O–H groups in total. The van der Waals surface area contributed by atoms with Gasteiger partial charge in [0.1, 0.15) is 0 Å². The van der Waals surface area contributed by atoms with Crippen LogP contribution in [0.25, 0.3) is 0 Å². The van der Waals surface area contributed by atoms with Crippen molar-refractivity contribution >= 4 is 5.91 Å². The summed E-state index contributed by atoms with van der Waals surface area (Å²) >= 11 is 0. The highest BCUT2D eigenvalue weighted by atomic mass is 16.5. The van der Waals surface area contributed by atoms with Crippen molar-refractivity contribution in [1.82, 2.24) is 10.4 Å². The van der Waals surface area contributed by atoms with Crippen LogP contribution in [0.2, 0.25) is 0 Å². The molecule has 0 aromatic carbocycles. The molecule has 0 aromatic rings. The summed E-state index contributed by atoms with van der Waals surface area (Å²) in [6.07, 6.45) is 0.914. The molecule has 0 aliphatic carbocycles. The summed E-state index contributed by atoms with van der Waals surface area (Å²) in [5.74, 6) is 0.122. The monoisotopic (exact) mass is 215 g/mol. The highest BCUT2D eigenvalue weighted by Gasteiger charge is 2.21. The Morgan fingerprint density at radius 1 is 1.53 bits per heavy atom. The van der Waals surface area contributed by atoms with Crippen molar-refractivity contribution in [2.75, 3.05) is 26.3 Å². The van der Waals surface area contributed by atoms with E-state index >= 15 is 0 Å². The third-order valence-electron chi connectivity index (χ3n) is 2.84. The highest BCUT2D eigenvalue weighted by molar-refractivity contribution is 5.81. The van der Waals surface area contributed by atoms with Crippen LogP contribution < -0.4 is 11.2 Å². The van der Waals surface area contributed by atoms with E-state index in [-0.39, 0.29) is 11.8 Å². The van der Waals surface area contributed by atoms with Gasteiger partial charge < -0.3 is 10.5 Å². The Hall–Kier alpha value is -0.650. The normalized spacial score (nSPS) is 22.1. The zero-order chi connectivity index (χ0) is 11.3. The summed E-state index contributed by atoms with van der Waals surface area (Å²) in [6, 6.07) is -0.419. The first kappa shape index (κ1) is 12.4. The number of morpholine rings is 1. The van der Waals surface area contributed by atoms with Gasteiger partial charge in [0.25, 0.3) is 5.91 Å². The van der Waals surface area contributed by atoms with Crippen molar-refractivity contribution in [3.05, 3.63) is 0 Å². The van der Waals surface area contributed by atoms with E-state index in [0.29, 0.717) is 13.2 Å². The number of ether oxygens (including phenoxy) is 1. The number of carbonyl (C=O) groups is 1. The van der Waals surface area contributed by atoms with Gasteiger partial charge in [0, 0.05) is 13.1 Å². The Balaban J connectivity index is 2.33. The van der Waals surface area contributed by atoms with Gasteiger partial charge in [-0.15, -0.1) is 0 Å². The summed E-state index contributed by atoms with van der Waals surface area (Å²) in [5.41, 5.74) is 8.64. The quantitative estimate of drug-likeness (QED) is 0.677. The molecule has 1 saturated heterocycles. The van der Waals surface area contributed by atoms with Gasteiger partial charge in [0.05, 0.1) is 19.3 Å². The van der Waals surface area contributed by atoms with Crippen LogP contribution in [-0.4, -0.2) is 43.3 Å². The smallest absolute Gasteiger partial charge is 0.251 e. The third kappa shape index (κ3) is 3.77. The molecule has 2 unspecified atom stereocenters. The second-order valence-electron chi connectivity index (χ2n) is 3.99. The second kappa shape index (κ2) is 6.05. The first-order valence-electron chi connectivity index (χ1n) is 5.54. The lowest BCUT2D eigenvalue weighted by atomic mass is 10.00. The molecule has 1 fully saturated rings. The van der Waals surface area contributed by atoms with Gasteiger partial charge in [-0.2, -0.15) is 0 Å². The van der Waals surface area contributed by atoms with Gasteiger partial charge in [0.2, 0.25) is 0 Å². The zero-order valence-electron chi connectivity index (χ0n) is 9.53. The first-order valence-corrected chi connectivity index (χ1v) is 5.54. The molecule has 1 heterocycles. The molecule has 2 atom stereocenters. The standard InChI is InChI=1S/C10H21N3O2/c1-3-8(2)9(11)10(14)12-13-4-6-15-7-5-13/h8-9H,3-7,11H2,1-2H3,(H,12,14). The Morgan fingerprint density at radius 2 is 2.13 bits per heavy atom. The summed E-state index contributed by atoms with van der Waals surface area (Å²) in [6.45, 7) is 6.83. The van der Waals surface area contributed by atoms with Crippen LogP contribution in [0.5, 0.6) is 0 Å². The van der Waals surface area contributed by atoms with Crippen LogP contribution in [0.3, 0.4) is 0 Å². The number of amides is 1. The number of carbonyl (C=O) groups excluding carboxylic acids is 1. The van der Waals surface area contributed by atoms with Crippen molar-refractivity contribution in [1.29, 1.82) is 0 Å². The maximum atomic E-state index is 11.7. The maximum Gasteiger partial charge on any atom is 0.251 e. The highest BCUT2D eigenvalue weighted by Crippen LogP contribution is 2.05. The van der Waals surface area contributed by atoms with E-state index in [1.165, 1.54) is 0 Å². The van der Waals surface area contributed by atoms with Gasteiger partial charge in [0.15, 0.2) is 0 Å². The molecule has 0 spiro atoms. The van der Waals surface area contributed by atoms with E-state index in [1.54, 1.807) is 0 Å². The van der Waals surface area contributed by atoms with Crippen LogP contribution in [0, 0.1) is 5.92 Å². The predicted octanol–water partition coefficient (Wildman–Crippen LogP) is -0.277. The SMILES string of the molecule is CCC(C)C(N)C(=O)NN1CCOCC1. The molecule has 1 aliphatic rings. The third-order valence-corrected chi connectivity index (χ3v) is 2.84. The largest absolute Gasteiger partial charge is 0.379 e. The van der Waals surface area contributed by atoms with Crippen LogP contribution in [0.4, 0.5) is 0 Å². The number of nitrogens with zero attached hydrogens (tertiary/aromatic N) is 1. The lowest BCUT2D eigenvalue weighted by molar-refractivity contribution is -0.130. The molecule has 1 amide bonds. The van der Waals surface area contributed by atoms with Gasteiger partial charge in [-0.3, -0.25) is 10.2 Å². The molecule has 0 radical (unpaired) electrons. The minimum Gasteiger partial charge on any atom is -0.379 e. The topological polar surface area (TPSA) is 67.6 Å². The van der Waals surface area contributed by atoms with Crippen molar-refractivity contribution in [3.63, 3.8) is 0 Å². The first-order chi connectivity index (χ1) is 7.15. The van der Waals surface area contributed by atoms with Gasteiger partial charge in [-0.05, 0) is 5.92 Å². The van der Waals surface area contributed by atoms with Crippen molar-refractivity contribution in [2.24, 2.45) is 11.7 Å². The Kier molecular flexibility index (Phi) is 5.01. The van der Waals surface area contributed by atoms with Crippen molar-refractivity contribution < 1.29 is 9.53 Å².